The highest BCUT2D eigenvalue weighted by atomic mass is 27.2. The molecular formula is C10H22AlNO. The van der Waals surface area contributed by atoms with Crippen LogP contribution in [0.4, 0.5) is 0 Å². The minimum absolute atomic E-state index is 0.500. The Morgan fingerprint density at radius 1 is 1.31 bits per heavy atom. The lowest BCUT2D eigenvalue weighted by molar-refractivity contribution is 0.0978. The zero-order valence-corrected chi connectivity index (χ0v) is 10.6. The van der Waals surface area contributed by atoms with E-state index in [1.807, 2.05) is 0 Å². The SMILES string of the molecule is CC([O][Al]([CH3])[CH3])C1CCN(C)CC1. The topological polar surface area (TPSA) is 12.5 Å². The van der Waals surface area contributed by atoms with Crippen molar-refractivity contribution >= 4 is 14.5 Å². The van der Waals surface area contributed by atoms with Gasteiger partial charge in [0.1, 0.15) is 0 Å². The first-order valence-corrected chi connectivity index (χ1v) is 8.21. The Labute approximate surface area is 87.0 Å². The molecule has 76 valence electrons. The van der Waals surface area contributed by atoms with Crippen LogP contribution in [0, 0.1) is 5.92 Å². The van der Waals surface area contributed by atoms with Crippen molar-refractivity contribution in [2.75, 3.05) is 20.1 Å². The van der Waals surface area contributed by atoms with Crippen LogP contribution in [0.3, 0.4) is 0 Å². The molecule has 0 aromatic heterocycles. The van der Waals surface area contributed by atoms with Crippen LogP contribution in [0.5, 0.6) is 0 Å². The summed E-state index contributed by atoms with van der Waals surface area (Å²) in [6.07, 6.45) is 3.14. The summed E-state index contributed by atoms with van der Waals surface area (Å²) in [7, 11) is 2.21. The van der Waals surface area contributed by atoms with Gasteiger partial charge in [0.25, 0.3) is 0 Å². The molecule has 0 aromatic carbocycles. The maximum Gasteiger partial charge on any atom is 0.454 e. The molecular weight excluding hydrogens is 177 g/mol. The Morgan fingerprint density at radius 3 is 2.31 bits per heavy atom. The molecule has 2 nitrogen and oxygen atoms in total. The van der Waals surface area contributed by atoms with Crippen LogP contribution >= 0.6 is 0 Å². The second kappa shape index (κ2) is 5.36. The molecule has 0 bridgehead atoms. The molecule has 1 aliphatic rings. The molecule has 0 N–H and O–H groups in total. The predicted molar refractivity (Wildman–Crippen MR) is 58.3 cm³/mol. The Bertz CT molecular complexity index is 144. The summed E-state index contributed by atoms with van der Waals surface area (Å²) in [5, 5.41) is 0. The van der Waals surface area contributed by atoms with Gasteiger partial charge in [0, 0.05) is 6.10 Å². The molecule has 1 unspecified atom stereocenters. The molecule has 1 aliphatic heterocycles. The van der Waals surface area contributed by atoms with Crippen molar-refractivity contribution in [1.82, 2.24) is 4.90 Å². The normalized spacial score (nSPS) is 23.1. The molecule has 0 radical (unpaired) electrons. The minimum atomic E-state index is -0.829. The van der Waals surface area contributed by atoms with Gasteiger partial charge in [0.05, 0.1) is 0 Å². The van der Waals surface area contributed by atoms with Gasteiger partial charge in [-0.2, -0.15) is 0 Å². The summed E-state index contributed by atoms with van der Waals surface area (Å²) in [6, 6.07) is 0. The van der Waals surface area contributed by atoms with E-state index in [2.05, 4.69) is 30.4 Å². The van der Waals surface area contributed by atoms with E-state index in [0.29, 0.717) is 6.10 Å². The van der Waals surface area contributed by atoms with Crippen LogP contribution in [-0.4, -0.2) is 45.6 Å². The van der Waals surface area contributed by atoms with Crippen LogP contribution in [0.15, 0.2) is 0 Å². The Balaban J connectivity index is 2.27. The molecule has 0 aromatic rings. The second-order valence-corrected chi connectivity index (χ2v) is 6.90. The zero-order chi connectivity index (χ0) is 9.84. The van der Waals surface area contributed by atoms with Crippen molar-refractivity contribution in [2.45, 2.75) is 37.4 Å². The first-order valence-electron chi connectivity index (χ1n) is 5.43. The lowest BCUT2D eigenvalue weighted by Crippen LogP contribution is -2.36. The van der Waals surface area contributed by atoms with Crippen molar-refractivity contribution in [3.05, 3.63) is 0 Å². The Morgan fingerprint density at radius 2 is 1.85 bits per heavy atom. The maximum absolute atomic E-state index is 5.95. The van der Waals surface area contributed by atoms with Gasteiger partial charge in [-0.05, 0) is 45.8 Å². The number of piperidine rings is 1. The van der Waals surface area contributed by atoms with E-state index in [1.165, 1.54) is 25.9 Å². The van der Waals surface area contributed by atoms with Crippen LogP contribution in [-0.2, 0) is 3.79 Å². The summed E-state index contributed by atoms with van der Waals surface area (Å²) in [5.41, 5.74) is 0. The van der Waals surface area contributed by atoms with Gasteiger partial charge in [-0.25, -0.2) is 0 Å². The zero-order valence-electron chi connectivity index (χ0n) is 9.42. The van der Waals surface area contributed by atoms with Crippen LogP contribution in [0.2, 0.25) is 11.6 Å². The highest BCUT2D eigenvalue weighted by molar-refractivity contribution is 6.48. The van der Waals surface area contributed by atoms with Gasteiger partial charge in [-0.15, -0.1) is 0 Å². The molecule has 0 aliphatic carbocycles. The van der Waals surface area contributed by atoms with Gasteiger partial charge < -0.3 is 8.69 Å². The fraction of sp³-hybridized carbons (Fsp3) is 1.00. The molecule has 1 heterocycles. The molecule has 1 fully saturated rings. The van der Waals surface area contributed by atoms with E-state index in [1.54, 1.807) is 0 Å². The summed E-state index contributed by atoms with van der Waals surface area (Å²) in [5.74, 6) is 5.32. The molecule has 3 heteroatoms. The fourth-order valence-corrected chi connectivity index (χ4v) is 3.12. The van der Waals surface area contributed by atoms with Gasteiger partial charge in [-0.3, -0.25) is 0 Å². The molecule has 1 rings (SSSR count). The van der Waals surface area contributed by atoms with Crippen LogP contribution < -0.4 is 0 Å². The Hall–Kier alpha value is 0.452. The third-order valence-electron chi connectivity index (χ3n) is 2.91. The van der Waals surface area contributed by atoms with Gasteiger partial charge >= 0.3 is 14.5 Å². The van der Waals surface area contributed by atoms with Crippen molar-refractivity contribution in [3.8, 4) is 0 Å². The third kappa shape index (κ3) is 4.00. The third-order valence-corrected chi connectivity index (χ3v) is 3.89. The van der Waals surface area contributed by atoms with Crippen LogP contribution in [0.25, 0.3) is 0 Å². The molecule has 1 atom stereocenters. The van der Waals surface area contributed by atoms with E-state index in [9.17, 15) is 0 Å². The molecule has 0 amide bonds. The monoisotopic (exact) mass is 199 g/mol. The number of nitrogens with zero attached hydrogens (tertiary/aromatic N) is 1. The number of hydrogen-bond acceptors (Lipinski definition) is 2. The molecule has 13 heavy (non-hydrogen) atoms. The highest BCUT2D eigenvalue weighted by Crippen LogP contribution is 2.21. The van der Waals surface area contributed by atoms with Crippen molar-refractivity contribution in [2.24, 2.45) is 5.92 Å². The number of hydrogen-bond donors (Lipinski definition) is 0. The average molecular weight is 199 g/mol. The molecule has 0 saturated carbocycles. The van der Waals surface area contributed by atoms with E-state index in [4.69, 9.17) is 3.79 Å². The highest BCUT2D eigenvalue weighted by Gasteiger charge is 2.23. The standard InChI is InChI=1S/C8H16NO.2CH3.Al/c1-7(10)8-3-5-9(2)6-4-8;;;/h7-8H,3-6H2,1-2H3;2*1H3;/q-1;;;+1. The Kier molecular flexibility index (Phi) is 4.75. The lowest BCUT2D eigenvalue weighted by Gasteiger charge is -2.33. The van der Waals surface area contributed by atoms with Gasteiger partial charge in [-0.1, -0.05) is 11.6 Å². The first-order chi connectivity index (χ1) is 6.09. The predicted octanol–water partition coefficient (Wildman–Crippen LogP) is 1.98. The van der Waals surface area contributed by atoms with E-state index in [0.717, 1.165) is 5.92 Å². The van der Waals surface area contributed by atoms with E-state index in [-0.39, 0.29) is 0 Å². The van der Waals surface area contributed by atoms with Crippen molar-refractivity contribution < 1.29 is 3.79 Å². The average Bonchev–Trinajstić information content (AvgIpc) is 2.04. The van der Waals surface area contributed by atoms with E-state index < -0.39 is 14.5 Å². The van der Waals surface area contributed by atoms with Crippen molar-refractivity contribution in [1.29, 1.82) is 0 Å². The summed E-state index contributed by atoms with van der Waals surface area (Å²) in [6.45, 7) is 4.75. The maximum atomic E-state index is 5.95. The molecule has 1 saturated heterocycles. The van der Waals surface area contributed by atoms with Gasteiger partial charge in [0.2, 0.25) is 0 Å². The quantitative estimate of drug-likeness (QED) is 0.644. The second-order valence-electron chi connectivity index (χ2n) is 4.53. The largest absolute Gasteiger partial charge is 0.498 e. The number of rotatable bonds is 3. The number of likely N-dealkylation sites (tertiary alicyclic amines) is 1. The lowest BCUT2D eigenvalue weighted by atomic mass is 9.92. The van der Waals surface area contributed by atoms with Gasteiger partial charge in [0.15, 0.2) is 0 Å². The van der Waals surface area contributed by atoms with E-state index >= 15 is 0 Å². The smallest absolute Gasteiger partial charge is 0.454 e. The van der Waals surface area contributed by atoms with Crippen molar-refractivity contribution in [3.63, 3.8) is 0 Å². The minimum Gasteiger partial charge on any atom is -0.498 e. The first kappa shape index (κ1) is 11.5. The van der Waals surface area contributed by atoms with Crippen LogP contribution in [0.1, 0.15) is 19.8 Å². The fourth-order valence-electron chi connectivity index (χ4n) is 2.04. The summed E-state index contributed by atoms with van der Waals surface area (Å²) >= 11 is -0.829. The summed E-state index contributed by atoms with van der Waals surface area (Å²) in [4.78, 5) is 2.41. The molecule has 0 spiro atoms. The summed E-state index contributed by atoms with van der Waals surface area (Å²) < 4.78 is 5.95.